The summed E-state index contributed by atoms with van der Waals surface area (Å²) in [4.78, 5) is 19.9. The van der Waals surface area contributed by atoms with Gasteiger partial charge in [-0.25, -0.2) is 15.0 Å². The van der Waals surface area contributed by atoms with Crippen molar-refractivity contribution in [3.05, 3.63) is 60.4 Å². The Hall–Kier alpha value is -3.09. The fourth-order valence-corrected chi connectivity index (χ4v) is 3.40. The van der Waals surface area contributed by atoms with Gasteiger partial charge in [-0.1, -0.05) is 24.3 Å². The average Bonchev–Trinajstić information content (AvgIpc) is 3.28. The molecule has 2 aromatic rings. The first-order valence-corrected chi connectivity index (χ1v) is 9.35. The first kappa shape index (κ1) is 17.3. The predicted molar refractivity (Wildman–Crippen MR) is 109 cm³/mol. The van der Waals surface area contributed by atoms with Crippen LogP contribution in [0.2, 0.25) is 0 Å². The van der Waals surface area contributed by atoms with Crippen molar-refractivity contribution in [2.45, 2.75) is 6.54 Å². The summed E-state index contributed by atoms with van der Waals surface area (Å²) in [5.74, 6) is 1.39. The molecule has 2 aliphatic rings. The Balaban J connectivity index is 1.33. The molecule has 0 unspecified atom stereocenters. The smallest absolute Gasteiger partial charge is 0.225 e. The molecule has 27 heavy (non-hydrogen) atoms. The van der Waals surface area contributed by atoms with Crippen molar-refractivity contribution in [2.75, 3.05) is 49.1 Å². The maximum atomic E-state index is 6.25. The van der Waals surface area contributed by atoms with Crippen LogP contribution < -0.4 is 15.5 Å². The summed E-state index contributed by atoms with van der Waals surface area (Å²) < 4.78 is 0. The molecule has 0 radical (unpaired) electrons. The van der Waals surface area contributed by atoms with Gasteiger partial charge in [0, 0.05) is 57.3 Å². The topological polar surface area (TPSA) is 73.9 Å². The van der Waals surface area contributed by atoms with Gasteiger partial charge in [-0.3, -0.25) is 0 Å². The zero-order valence-corrected chi connectivity index (χ0v) is 15.4. The third kappa shape index (κ3) is 4.19. The van der Waals surface area contributed by atoms with E-state index in [2.05, 4.69) is 66.1 Å². The van der Waals surface area contributed by atoms with E-state index in [1.54, 1.807) is 12.4 Å². The molecule has 0 spiro atoms. The number of nitrogens with zero attached hydrogens (tertiary/aromatic N) is 6. The molecule has 4 rings (SSSR count). The summed E-state index contributed by atoms with van der Waals surface area (Å²) in [6.45, 7) is 5.90. The van der Waals surface area contributed by atoms with Crippen LogP contribution in [0.3, 0.4) is 0 Å². The molecule has 0 aliphatic carbocycles. The molecular weight excluding hydrogens is 338 g/mol. The SMILES string of the molecule is NC(=NCc1cccc(N2CC=CC2)c1)N1CCN(c2ncccn2)CC1. The number of anilines is 2. The summed E-state index contributed by atoms with van der Waals surface area (Å²) in [7, 11) is 0. The summed E-state index contributed by atoms with van der Waals surface area (Å²) >= 11 is 0. The number of rotatable bonds is 4. The average molecular weight is 363 g/mol. The highest BCUT2D eigenvalue weighted by molar-refractivity contribution is 5.78. The van der Waals surface area contributed by atoms with Crippen LogP contribution in [0.25, 0.3) is 0 Å². The van der Waals surface area contributed by atoms with Crippen LogP contribution in [-0.4, -0.2) is 60.1 Å². The molecule has 1 aromatic carbocycles. The van der Waals surface area contributed by atoms with Crippen molar-refractivity contribution < 1.29 is 0 Å². The Kier molecular flexibility index (Phi) is 5.18. The fourth-order valence-electron chi connectivity index (χ4n) is 3.40. The number of hydrogen-bond acceptors (Lipinski definition) is 5. The Bertz CT molecular complexity index is 802. The molecule has 7 nitrogen and oxygen atoms in total. The number of hydrogen-bond donors (Lipinski definition) is 1. The molecule has 2 aliphatic heterocycles. The zero-order chi connectivity index (χ0) is 18.5. The minimum Gasteiger partial charge on any atom is -0.370 e. The van der Waals surface area contributed by atoms with Gasteiger partial charge in [0.1, 0.15) is 0 Å². The summed E-state index contributed by atoms with van der Waals surface area (Å²) in [5.41, 5.74) is 8.66. The fraction of sp³-hybridized carbons (Fsp3) is 0.350. The summed E-state index contributed by atoms with van der Waals surface area (Å²) in [6.07, 6.45) is 7.94. The Morgan fingerprint density at radius 1 is 0.963 bits per heavy atom. The van der Waals surface area contributed by atoms with E-state index in [1.807, 2.05) is 6.07 Å². The van der Waals surface area contributed by atoms with E-state index in [1.165, 1.54) is 11.3 Å². The molecule has 0 saturated carbocycles. The third-order valence-corrected chi connectivity index (χ3v) is 4.96. The first-order chi connectivity index (χ1) is 13.3. The number of aromatic nitrogens is 2. The van der Waals surface area contributed by atoms with E-state index >= 15 is 0 Å². The molecule has 2 N–H and O–H groups in total. The number of aliphatic imine (C=N–C) groups is 1. The van der Waals surface area contributed by atoms with Crippen LogP contribution in [0, 0.1) is 0 Å². The van der Waals surface area contributed by atoms with Gasteiger partial charge in [0.15, 0.2) is 5.96 Å². The summed E-state index contributed by atoms with van der Waals surface area (Å²) in [5, 5.41) is 0. The molecule has 7 heteroatoms. The van der Waals surface area contributed by atoms with Crippen LogP contribution in [0.5, 0.6) is 0 Å². The molecule has 3 heterocycles. The van der Waals surface area contributed by atoms with E-state index in [9.17, 15) is 0 Å². The Morgan fingerprint density at radius 2 is 1.70 bits per heavy atom. The molecule has 1 fully saturated rings. The van der Waals surface area contributed by atoms with E-state index in [0.29, 0.717) is 12.5 Å². The van der Waals surface area contributed by atoms with E-state index in [4.69, 9.17) is 5.73 Å². The van der Waals surface area contributed by atoms with E-state index in [0.717, 1.165) is 45.2 Å². The highest BCUT2D eigenvalue weighted by Gasteiger charge is 2.19. The van der Waals surface area contributed by atoms with Crippen LogP contribution >= 0.6 is 0 Å². The number of nitrogens with two attached hydrogens (primary N) is 1. The maximum absolute atomic E-state index is 6.25. The maximum Gasteiger partial charge on any atom is 0.225 e. The van der Waals surface area contributed by atoms with Crippen LogP contribution in [0.1, 0.15) is 5.56 Å². The lowest BCUT2D eigenvalue weighted by Crippen LogP contribution is -2.51. The molecular formula is C20H25N7. The lowest BCUT2D eigenvalue weighted by atomic mass is 10.2. The van der Waals surface area contributed by atoms with Crippen molar-refractivity contribution in [1.82, 2.24) is 14.9 Å². The van der Waals surface area contributed by atoms with Gasteiger partial charge in [0.2, 0.25) is 5.95 Å². The van der Waals surface area contributed by atoms with Gasteiger partial charge in [0.05, 0.1) is 6.54 Å². The molecule has 140 valence electrons. The largest absolute Gasteiger partial charge is 0.370 e. The third-order valence-electron chi connectivity index (χ3n) is 4.96. The van der Waals surface area contributed by atoms with Gasteiger partial charge >= 0.3 is 0 Å². The van der Waals surface area contributed by atoms with Crippen molar-refractivity contribution >= 4 is 17.6 Å². The first-order valence-electron chi connectivity index (χ1n) is 9.35. The molecule has 0 amide bonds. The van der Waals surface area contributed by atoms with E-state index in [-0.39, 0.29) is 0 Å². The molecule has 0 bridgehead atoms. The second-order valence-electron chi connectivity index (χ2n) is 6.74. The normalized spacial score (nSPS) is 17.6. The minimum absolute atomic E-state index is 0.600. The quantitative estimate of drug-likeness (QED) is 0.504. The van der Waals surface area contributed by atoms with Crippen molar-refractivity contribution in [2.24, 2.45) is 10.7 Å². The Labute approximate surface area is 159 Å². The molecule has 1 saturated heterocycles. The highest BCUT2D eigenvalue weighted by Crippen LogP contribution is 2.19. The Morgan fingerprint density at radius 3 is 2.44 bits per heavy atom. The van der Waals surface area contributed by atoms with Crippen molar-refractivity contribution in [3.8, 4) is 0 Å². The zero-order valence-electron chi connectivity index (χ0n) is 15.4. The lowest BCUT2D eigenvalue weighted by Gasteiger charge is -2.35. The van der Waals surface area contributed by atoms with Crippen molar-refractivity contribution in [1.29, 1.82) is 0 Å². The highest BCUT2D eigenvalue weighted by atomic mass is 15.3. The monoisotopic (exact) mass is 363 g/mol. The van der Waals surface area contributed by atoms with Gasteiger partial charge in [-0.2, -0.15) is 0 Å². The van der Waals surface area contributed by atoms with Crippen LogP contribution in [0.15, 0.2) is 59.9 Å². The minimum atomic E-state index is 0.600. The predicted octanol–water partition coefficient (Wildman–Crippen LogP) is 1.49. The second-order valence-corrected chi connectivity index (χ2v) is 6.74. The van der Waals surface area contributed by atoms with Gasteiger partial charge in [-0.05, 0) is 23.8 Å². The molecule has 0 atom stereocenters. The van der Waals surface area contributed by atoms with Crippen LogP contribution in [-0.2, 0) is 6.54 Å². The second kappa shape index (κ2) is 8.07. The molecule has 1 aromatic heterocycles. The van der Waals surface area contributed by atoms with Gasteiger partial charge in [-0.15, -0.1) is 0 Å². The van der Waals surface area contributed by atoms with E-state index < -0.39 is 0 Å². The van der Waals surface area contributed by atoms with Gasteiger partial charge < -0.3 is 20.4 Å². The lowest BCUT2D eigenvalue weighted by molar-refractivity contribution is 0.378. The number of guanidine groups is 1. The summed E-state index contributed by atoms with van der Waals surface area (Å²) in [6, 6.07) is 10.4. The number of piperazine rings is 1. The number of benzene rings is 1. The van der Waals surface area contributed by atoms with Gasteiger partial charge in [0.25, 0.3) is 0 Å². The standard InChI is InChI=1S/C20H25N7/c21-19(26-11-13-27(14-12-26)20-22-7-4-8-23-20)24-16-17-5-3-6-18(15-17)25-9-1-2-10-25/h1-8,15H,9-14,16H2,(H2,21,24). The van der Waals surface area contributed by atoms with Crippen LogP contribution in [0.4, 0.5) is 11.6 Å². The van der Waals surface area contributed by atoms with Crippen molar-refractivity contribution in [3.63, 3.8) is 0 Å².